The minimum Gasteiger partial charge on any atom is -0.478 e. The molecule has 4 rings (SSSR count). The van der Waals surface area contributed by atoms with E-state index in [2.05, 4.69) is 81.4 Å². The molecule has 0 radical (unpaired) electrons. The Balaban J connectivity index is 1.70. The van der Waals surface area contributed by atoms with E-state index in [9.17, 15) is 0 Å². The first kappa shape index (κ1) is 19.6. The molecule has 148 valence electrons. The summed E-state index contributed by atoms with van der Waals surface area (Å²) in [5.74, 6) is 1.50. The fraction of sp³-hybridized carbons (Fsp3) is 0.480. The maximum Gasteiger partial charge on any atom is 0.187 e. The van der Waals surface area contributed by atoms with Gasteiger partial charge in [-0.1, -0.05) is 94.3 Å². The van der Waals surface area contributed by atoms with Crippen molar-refractivity contribution in [2.24, 2.45) is 16.3 Å². The molecule has 0 bridgehead atoms. The lowest BCUT2D eigenvalue weighted by molar-refractivity contribution is 0.225. The molecule has 0 saturated heterocycles. The molecule has 2 aliphatic rings. The topological polar surface area (TPSA) is 21.6 Å². The van der Waals surface area contributed by atoms with E-state index in [1.165, 1.54) is 36.3 Å². The van der Waals surface area contributed by atoms with Gasteiger partial charge in [-0.05, 0) is 42.4 Å². The van der Waals surface area contributed by atoms with Crippen molar-refractivity contribution in [2.45, 2.75) is 58.2 Å². The molecule has 3 heteroatoms. The molecule has 2 aromatic carbocycles. The summed E-state index contributed by atoms with van der Waals surface area (Å²) in [6, 6.07) is 22.5. The fourth-order valence-electron chi connectivity index (χ4n) is 4.46. The van der Waals surface area contributed by atoms with E-state index in [0.717, 1.165) is 12.5 Å². The van der Waals surface area contributed by atoms with Crippen molar-refractivity contribution < 1.29 is 4.74 Å². The number of benzene rings is 2. The second-order valence-electron chi connectivity index (χ2n) is 9.16. The van der Waals surface area contributed by atoms with E-state index in [4.69, 9.17) is 9.73 Å². The highest BCUT2D eigenvalue weighted by molar-refractivity contribution is 7.73. The van der Waals surface area contributed by atoms with Crippen LogP contribution in [0.15, 0.2) is 65.7 Å². The zero-order valence-electron chi connectivity index (χ0n) is 17.3. The van der Waals surface area contributed by atoms with Crippen LogP contribution in [0.4, 0.5) is 0 Å². The Labute approximate surface area is 171 Å². The molecule has 0 spiro atoms. The first-order valence-electron chi connectivity index (χ1n) is 10.6. The van der Waals surface area contributed by atoms with Gasteiger partial charge < -0.3 is 4.74 Å². The summed E-state index contributed by atoms with van der Waals surface area (Å²) in [4.78, 5) is 5.11. The van der Waals surface area contributed by atoms with Crippen molar-refractivity contribution >= 4 is 24.4 Å². The van der Waals surface area contributed by atoms with Crippen LogP contribution in [0.1, 0.15) is 46.5 Å². The first-order chi connectivity index (χ1) is 13.5. The van der Waals surface area contributed by atoms with Gasteiger partial charge in [0.1, 0.15) is 6.61 Å². The fourth-order valence-corrected chi connectivity index (χ4v) is 7.58. The highest BCUT2D eigenvalue weighted by Gasteiger charge is 2.40. The van der Waals surface area contributed by atoms with E-state index in [0.29, 0.717) is 11.6 Å². The quantitative estimate of drug-likeness (QED) is 0.627. The van der Waals surface area contributed by atoms with Gasteiger partial charge in [-0.15, -0.1) is 0 Å². The minimum absolute atomic E-state index is 0.162. The summed E-state index contributed by atoms with van der Waals surface area (Å²) < 4.78 is 6.24. The van der Waals surface area contributed by atoms with Crippen LogP contribution in [0.2, 0.25) is 0 Å². The van der Waals surface area contributed by atoms with E-state index in [1.54, 1.807) is 0 Å². The van der Waals surface area contributed by atoms with Gasteiger partial charge in [0, 0.05) is 5.92 Å². The van der Waals surface area contributed by atoms with Crippen LogP contribution < -0.4 is 10.6 Å². The number of hydrogen-bond donors (Lipinski definition) is 0. The molecular formula is C25H32NOP. The van der Waals surface area contributed by atoms with Crippen LogP contribution in [0.5, 0.6) is 0 Å². The van der Waals surface area contributed by atoms with Crippen LogP contribution in [-0.4, -0.2) is 24.2 Å². The maximum absolute atomic E-state index is 6.24. The average molecular weight is 394 g/mol. The van der Waals surface area contributed by atoms with Gasteiger partial charge >= 0.3 is 0 Å². The molecule has 1 heterocycles. The molecule has 2 aromatic rings. The van der Waals surface area contributed by atoms with Crippen molar-refractivity contribution in [3.8, 4) is 0 Å². The van der Waals surface area contributed by atoms with Crippen LogP contribution in [-0.2, 0) is 4.74 Å². The Morgan fingerprint density at radius 3 is 1.96 bits per heavy atom. The average Bonchev–Trinajstić information content (AvgIpc) is 3.21. The van der Waals surface area contributed by atoms with Gasteiger partial charge in [0.25, 0.3) is 0 Å². The summed E-state index contributed by atoms with van der Waals surface area (Å²) >= 11 is 0. The Morgan fingerprint density at radius 2 is 1.43 bits per heavy atom. The van der Waals surface area contributed by atoms with E-state index in [-0.39, 0.29) is 11.5 Å². The zero-order valence-corrected chi connectivity index (χ0v) is 18.2. The smallest absolute Gasteiger partial charge is 0.187 e. The van der Waals surface area contributed by atoms with Gasteiger partial charge in [0.2, 0.25) is 0 Å². The number of hydrogen-bond acceptors (Lipinski definition) is 2. The maximum atomic E-state index is 6.24. The largest absolute Gasteiger partial charge is 0.478 e. The van der Waals surface area contributed by atoms with Crippen molar-refractivity contribution in [2.75, 3.05) is 6.61 Å². The van der Waals surface area contributed by atoms with Crippen molar-refractivity contribution in [1.29, 1.82) is 0 Å². The Hall–Kier alpha value is -1.66. The van der Waals surface area contributed by atoms with Gasteiger partial charge in [0.15, 0.2) is 5.90 Å². The SMILES string of the molecule is CC(C)(C)[C@@H]1COC([C@@H]2CCCC[C@@H]2P(c2ccccc2)c2ccccc2)=N1. The van der Waals surface area contributed by atoms with Crippen LogP contribution in [0.25, 0.3) is 0 Å². The number of rotatable bonds is 4. The molecule has 2 nitrogen and oxygen atoms in total. The number of nitrogens with zero attached hydrogens (tertiary/aromatic N) is 1. The van der Waals surface area contributed by atoms with Crippen LogP contribution in [0.3, 0.4) is 0 Å². The minimum atomic E-state index is -0.428. The van der Waals surface area contributed by atoms with E-state index in [1.807, 2.05) is 0 Å². The summed E-state index contributed by atoms with van der Waals surface area (Å²) in [5, 5.41) is 2.96. The Bertz CT molecular complexity index is 757. The lowest BCUT2D eigenvalue weighted by Crippen LogP contribution is -2.35. The summed E-state index contributed by atoms with van der Waals surface area (Å²) in [6.45, 7) is 7.56. The lowest BCUT2D eigenvalue weighted by Gasteiger charge is -2.37. The molecular weight excluding hydrogens is 361 g/mol. The van der Waals surface area contributed by atoms with Gasteiger partial charge in [-0.25, -0.2) is 4.99 Å². The third kappa shape index (κ3) is 4.18. The van der Waals surface area contributed by atoms with E-state index < -0.39 is 7.92 Å². The predicted molar refractivity (Wildman–Crippen MR) is 121 cm³/mol. The summed E-state index contributed by atoms with van der Waals surface area (Å²) in [6.07, 6.45) is 5.08. The molecule has 1 saturated carbocycles. The predicted octanol–water partition coefficient (Wildman–Crippen LogP) is 5.52. The van der Waals surface area contributed by atoms with Crippen molar-refractivity contribution in [3.63, 3.8) is 0 Å². The molecule has 1 aliphatic heterocycles. The van der Waals surface area contributed by atoms with Crippen LogP contribution >= 0.6 is 7.92 Å². The van der Waals surface area contributed by atoms with Gasteiger partial charge in [-0.2, -0.15) is 0 Å². The molecule has 0 aromatic heterocycles. The highest BCUT2D eigenvalue weighted by Crippen LogP contribution is 2.50. The van der Waals surface area contributed by atoms with Crippen LogP contribution in [0, 0.1) is 11.3 Å². The van der Waals surface area contributed by atoms with Gasteiger partial charge in [-0.3, -0.25) is 0 Å². The molecule has 3 atom stereocenters. The number of aliphatic imine (C=N–C) groups is 1. The monoisotopic (exact) mass is 393 g/mol. The molecule has 1 aliphatic carbocycles. The van der Waals surface area contributed by atoms with E-state index >= 15 is 0 Å². The normalized spacial score (nSPS) is 25.4. The third-order valence-corrected chi connectivity index (χ3v) is 9.11. The van der Waals surface area contributed by atoms with Gasteiger partial charge in [0.05, 0.1) is 6.04 Å². The second-order valence-corrected chi connectivity index (χ2v) is 11.6. The third-order valence-electron chi connectivity index (χ3n) is 6.12. The second kappa shape index (κ2) is 8.37. The summed E-state index contributed by atoms with van der Waals surface area (Å²) in [7, 11) is -0.428. The Kier molecular flexibility index (Phi) is 5.88. The zero-order chi connectivity index (χ0) is 19.6. The molecule has 0 N–H and O–H groups in total. The lowest BCUT2D eigenvalue weighted by atomic mass is 9.87. The standard InChI is InChI=1S/C25H32NOP/c1-25(2,3)23-18-27-24(26-23)21-16-10-11-17-22(21)28(19-12-6-4-7-13-19)20-14-8-5-9-15-20/h4-9,12-15,21-23H,10-11,16-18H2,1-3H3/t21-,22+,23+/m1/s1. The molecule has 0 amide bonds. The molecule has 1 fully saturated rings. The molecule has 28 heavy (non-hydrogen) atoms. The highest BCUT2D eigenvalue weighted by atomic mass is 31.1. The first-order valence-corrected chi connectivity index (χ1v) is 12.0. The van der Waals surface area contributed by atoms with Crippen molar-refractivity contribution in [3.05, 3.63) is 60.7 Å². The molecule has 0 unspecified atom stereocenters. The number of ether oxygens (including phenoxy) is 1. The summed E-state index contributed by atoms with van der Waals surface area (Å²) in [5.41, 5.74) is 0.765. The van der Waals surface area contributed by atoms with Crippen molar-refractivity contribution in [1.82, 2.24) is 0 Å². The Morgan fingerprint density at radius 1 is 0.857 bits per heavy atom.